The highest BCUT2D eigenvalue weighted by molar-refractivity contribution is 6.96. The zero-order valence-corrected chi connectivity index (χ0v) is 11.7. The summed E-state index contributed by atoms with van der Waals surface area (Å²) in [6.45, 7) is 7.17. The highest BCUT2D eigenvalue weighted by Gasteiger charge is 2.34. The van der Waals surface area contributed by atoms with E-state index in [0.717, 1.165) is 0 Å². The zero-order valence-electron chi connectivity index (χ0n) is 10.7. The monoisotopic (exact) mass is 230 g/mol. The lowest BCUT2D eigenvalue weighted by atomic mass is 10.1. The minimum atomic E-state index is -1.17. The summed E-state index contributed by atoms with van der Waals surface area (Å²) < 4.78 is 0. The molecule has 0 radical (unpaired) electrons. The first-order valence-electron chi connectivity index (χ1n) is 6.56. The molecule has 0 heterocycles. The summed E-state index contributed by atoms with van der Waals surface area (Å²) in [6, 6.07) is 13.1. The summed E-state index contributed by atoms with van der Waals surface area (Å²) in [5.41, 5.74) is 3.12. The lowest BCUT2D eigenvalue weighted by Crippen LogP contribution is -2.33. The highest BCUT2D eigenvalue weighted by atomic mass is 28.3. The van der Waals surface area contributed by atoms with Crippen LogP contribution in [-0.4, -0.2) is 8.07 Å². The Kier molecular flexibility index (Phi) is 3.34. The van der Waals surface area contributed by atoms with E-state index in [4.69, 9.17) is 0 Å². The molecule has 0 saturated heterocycles. The van der Waals surface area contributed by atoms with E-state index >= 15 is 0 Å². The molecule has 2 rings (SSSR count). The van der Waals surface area contributed by atoms with Crippen molar-refractivity contribution in [3.05, 3.63) is 41.5 Å². The van der Waals surface area contributed by atoms with Gasteiger partial charge in [-0.25, -0.2) is 0 Å². The van der Waals surface area contributed by atoms with Crippen LogP contribution in [-0.2, 0) is 6.42 Å². The zero-order chi connectivity index (χ0) is 11.6. The van der Waals surface area contributed by atoms with Gasteiger partial charge >= 0.3 is 0 Å². The number of hydrogen-bond acceptors (Lipinski definition) is 0. The Morgan fingerprint density at radius 3 is 2.25 bits per heavy atom. The van der Waals surface area contributed by atoms with Gasteiger partial charge in [-0.1, -0.05) is 74.4 Å². The molecular formula is C15H22Si. The Balaban J connectivity index is 2.43. The van der Waals surface area contributed by atoms with Gasteiger partial charge in [0, 0.05) is 0 Å². The first-order valence-corrected chi connectivity index (χ1v) is 9.18. The van der Waals surface area contributed by atoms with Crippen molar-refractivity contribution in [2.24, 2.45) is 0 Å². The van der Waals surface area contributed by atoms with E-state index in [1.54, 1.807) is 16.3 Å². The summed E-state index contributed by atoms with van der Waals surface area (Å²) >= 11 is 0. The van der Waals surface area contributed by atoms with E-state index in [1.165, 1.54) is 24.6 Å². The van der Waals surface area contributed by atoms with Crippen molar-refractivity contribution >= 4 is 13.3 Å². The molecule has 0 fully saturated rings. The van der Waals surface area contributed by atoms with E-state index < -0.39 is 8.07 Å². The normalized spacial score (nSPS) is 14.8. The maximum atomic E-state index is 2.52. The van der Waals surface area contributed by atoms with Crippen LogP contribution in [0.2, 0.25) is 18.1 Å². The Morgan fingerprint density at radius 2 is 1.62 bits per heavy atom. The van der Waals surface area contributed by atoms with Crippen molar-refractivity contribution in [1.82, 2.24) is 0 Å². The van der Waals surface area contributed by atoms with Crippen molar-refractivity contribution in [3.63, 3.8) is 0 Å². The van der Waals surface area contributed by atoms with Gasteiger partial charge in [-0.3, -0.25) is 0 Å². The second kappa shape index (κ2) is 4.58. The Labute approximate surface area is 100 Å². The van der Waals surface area contributed by atoms with Gasteiger partial charge in [-0.15, -0.1) is 0 Å². The van der Waals surface area contributed by atoms with Gasteiger partial charge in [0.2, 0.25) is 0 Å². The van der Waals surface area contributed by atoms with E-state index in [9.17, 15) is 0 Å². The minimum Gasteiger partial charge on any atom is -0.0802 e. The number of hydrogen-bond donors (Lipinski definition) is 0. The van der Waals surface area contributed by atoms with Gasteiger partial charge < -0.3 is 0 Å². The summed E-state index contributed by atoms with van der Waals surface area (Å²) in [6.07, 6.45) is 3.69. The second-order valence-corrected chi connectivity index (χ2v) is 10.0. The van der Waals surface area contributed by atoms with Crippen LogP contribution in [0, 0.1) is 0 Å². The van der Waals surface area contributed by atoms with Crippen LogP contribution in [0.4, 0.5) is 0 Å². The predicted molar refractivity (Wildman–Crippen MR) is 75.3 cm³/mol. The summed E-state index contributed by atoms with van der Waals surface area (Å²) in [5.74, 6) is 0. The molecule has 0 N–H and O–H groups in total. The molecule has 0 spiro atoms. The van der Waals surface area contributed by atoms with Crippen LogP contribution >= 0.6 is 0 Å². The lowest BCUT2D eigenvalue weighted by Gasteiger charge is -2.30. The second-order valence-electron chi connectivity index (χ2n) is 4.82. The molecular weight excluding hydrogens is 208 g/mol. The molecule has 1 aliphatic carbocycles. The number of benzene rings is 1. The van der Waals surface area contributed by atoms with E-state index in [2.05, 4.69) is 51.1 Å². The molecule has 0 bridgehead atoms. The molecule has 1 aliphatic rings. The van der Waals surface area contributed by atoms with Gasteiger partial charge in [0.05, 0.1) is 8.07 Å². The molecule has 1 heteroatoms. The van der Waals surface area contributed by atoms with Gasteiger partial charge in [0.1, 0.15) is 0 Å². The quantitative estimate of drug-likeness (QED) is 0.659. The number of allylic oxidation sites excluding steroid dienone is 1. The van der Waals surface area contributed by atoms with Crippen molar-refractivity contribution < 1.29 is 0 Å². The molecule has 1 aromatic rings. The molecule has 0 nitrogen and oxygen atoms in total. The van der Waals surface area contributed by atoms with E-state index in [0.29, 0.717) is 0 Å². The van der Waals surface area contributed by atoms with Crippen molar-refractivity contribution in [1.29, 1.82) is 0 Å². The van der Waals surface area contributed by atoms with Crippen LogP contribution in [0.3, 0.4) is 0 Å². The highest BCUT2D eigenvalue weighted by Crippen LogP contribution is 2.40. The largest absolute Gasteiger partial charge is 0.0863 e. The first kappa shape index (κ1) is 11.7. The van der Waals surface area contributed by atoms with Crippen LogP contribution in [0.15, 0.2) is 30.3 Å². The van der Waals surface area contributed by atoms with Crippen molar-refractivity contribution in [2.75, 3.05) is 0 Å². The SMILES string of the molecule is CC[Si](CC)(CC)C1=CCc2ccccc21. The molecule has 16 heavy (non-hydrogen) atoms. The first-order chi connectivity index (χ1) is 7.77. The average molecular weight is 230 g/mol. The maximum absolute atomic E-state index is 2.52. The topological polar surface area (TPSA) is 0 Å². The van der Waals surface area contributed by atoms with Gasteiger partial charge in [-0.05, 0) is 17.5 Å². The van der Waals surface area contributed by atoms with Crippen LogP contribution in [0.1, 0.15) is 31.9 Å². The Bertz CT molecular complexity index is 391. The summed E-state index contributed by atoms with van der Waals surface area (Å²) in [7, 11) is -1.17. The van der Waals surface area contributed by atoms with Gasteiger partial charge in [0.15, 0.2) is 0 Å². The third-order valence-electron chi connectivity index (χ3n) is 4.44. The third kappa shape index (κ3) is 1.67. The number of rotatable bonds is 4. The summed E-state index contributed by atoms with van der Waals surface area (Å²) in [5, 5.41) is 1.75. The van der Waals surface area contributed by atoms with E-state index in [-0.39, 0.29) is 0 Å². The minimum absolute atomic E-state index is 1.17. The molecule has 86 valence electrons. The number of fused-ring (bicyclic) bond motifs is 1. The van der Waals surface area contributed by atoms with Crippen LogP contribution in [0.5, 0.6) is 0 Å². The van der Waals surface area contributed by atoms with E-state index in [1.807, 2.05) is 0 Å². The van der Waals surface area contributed by atoms with Gasteiger partial charge in [0.25, 0.3) is 0 Å². The molecule has 1 aromatic carbocycles. The fourth-order valence-electron chi connectivity index (χ4n) is 3.11. The van der Waals surface area contributed by atoms with Crippen molar-refractivity contribution in [3.8, 4) is 0 Å². The van der Waals surface area contributed by atoms with Crippen molar-refractivity contribution in [2.45, 2.75) is 45.3 Å². The smallest absolute Gasteiger partial charge is 0.0802 e. The lowest BCUT2D eigenvalue weighted by molar-refractivity contribution is 1.20. The average Bonchev–Trinajstić information content (AvgIpc) is 2.77. The van der Waals surface area contributed by atoms with Crippen LogP contribution in [0.25, 0.3) is 5.20 Å². The standard InChI is InChI=1S/C15H22Si/c1-4-16(5-2,6-3)15-12-11-13-9-7-8-10-14(13)15/h7-10,12H,4-6,11H2,1-3H3. The maximum Gasteiger partial charge on any atom is 0.0863 e. The fourth-order valence-corrected chi connectivity index (χ4v) is 7.10. The molecule has 0 atom stereocenters. The predicted octanol–water partition coefficient (Wildman–Crippen LogP) is 4.67. The molecule has 0 amide bonds. The molecule has 0 aromatic heterocycles. The fraction of sp³-hybridized carbons (Fsp3) is 0.467. The Morgan fingerprint density at radius 1 is 1.00 bits per heavy atom. The summed E-state index contributed by atoms with van der Waals surface area (Å²) in [4.78, 5) is 0. The van der Waals surface area contributed by atoms with Crippen LogP contribution < -0.4 is 0 Å². The third-order valence-corrected chi connectivity index (χ3v) is 10.1. The van der Waals surface area contributed by atoms with Gasteiger partial charge in [-0.2, -0.15) is 0 Å². The molecule has 0 saturated carbocycles. The molecule has 0 aliphatic heterocycles. The Hall–Kier alpha value is -0.823. The molecule has 0 unspecified atom stereocenters.